The normalized spacial score (nSPS) is 21.9. The topological polar surface area (TPSA) is 84.7 Å². The van der Waals surface area contributed by atoms with Crippen molar-refractivity contribution < 1.29 is 14.3 Å². The zero-order valence-corrected chi connectivity index (χ0v) is 15.7. The molecule has 2 amide bonds. The number of nitrogens with one attached hydrogen (secondary N) is 1. The molecule has 2 aliphatic heterocycles. The van der Waals surface area contributed by atoms with Gasteiger partial charge in [0.15, 0.2) is 6.10 Å². The third-order valence-corrected chi connectivity index (χ3v) is 5.44. The zero-order valence-electron chi connectivity index (χ0n) is 15.7. The van der Waals surface area contributed by atoms with Gasteiger partial charge in [-0.25, -0.2) is 0 Å². The van der Waals surface area contributed by atoms with Crippen LogP contribution in [0.3, 0.4) is 0 Å². The van der Waals surface area contributed by atoms with Gasteiger partial charge in [-0.3, -0.25) is 9.59 Å². The first-order valence-corrected chi connectivity index (χ1v) is 9.53. The highest BCUT2D eigenvalue weighted by molar-refractivity contribution is 5.83. The maximum absolute atomic E-state index is 13.1. The van der Waals surface area contributed by atoms with E-state index in [0.29, 0.717) is 25.9 Å². The number of hydrogen-bond donors (Lipinski definition) is 2. The molecule has 0 radical (unpaired) electrons. The van der Waals surface area contributed by atoms with Gasteiger partial charge in [0.25, 0.3) is 5.91 Å². The Bertz CT molecular complexity index is 658. The summed E-state index contributed by atoms with van der Waals surface area (Å²) in [7, 11) is 0. The van der Waals surface area contributed by atoms with Gasteiger partial charge in [-0.2, -0.15) is 0 Å². The van der Waals surface area contributed by atoms with Crippen LogP contribution in [-0.2, 0) is 16.0 Å². The first-order valence-electron chi connectivity index (χ1n) is 9.53. The predicted octanol–water partition coefficient (Wildman–Crippen LogP) is 1.45. The van der Waals surface area contributed by atoms with Gasteiger partial charge >= 0.3 is 0 Å². The fourth-order valence-electron chi connectivity index (χ4n) is 3.79. The minimum absolute atomic E-state index is 0.0359. The fraction of sp³-hybridized carbons (Fsp3) is 0.600. The second kappa shape index (κ2) is 8.08. The van der Waals surface area contributed by atoms with Crippen LogP contribution >= 0.6 is 0 Å². The van der Waals surface area contributed by atoms with E-state index < -0.39 is 6.10 Å². The number of carbonyl (C=O) groups excluding carboxylic acids is 2. The number of amides is 2. The molecule has 1 fully saturated rings. The number of hydrogen-bond acceptors (Lipinski definition) is 4. The van der Waals surface area contributed by atoms with Crippen molar-refractivity contribution in [2.45, 2.75) is 58.1 Å². The molecule has 1 aromatic carbocycles. The minimum Gasteiger partial charge on any atom is -0.480 e. The van der Waals surface area contributed by atoms with E-state index in [1.807, 2.05) is 11.0 Å². The Morgan fingerprint density at radius 1 is 1.27 bits per heavy atom. The number of nitrogens with zero attached hydrogens (tertiary/aromatic N) is 1. The SMILES string of the molecule is Cc1cc2c(cc1C)OC(C(=O)N1CCCCC1CNC(=O)CCN)C2. The summed E-state index contributed by atoms with van der Waals surface area (Å²) in [6.45, 7) is 5.69. The molecule has 0 aliphatic carbocycles. The summed E-state index contributed by atoms with van der Waals surface area (Å²) < 4.78 is 5.98. The predicted molar refractivity (Wildman–Crippen MR) is 100 cm³/mol. The lowest BCUT2D eigenvalue weighted by molar-refractivity contribution is -0.142. The molecule has 2 atom stereocenters. The van der Waals surface area contributed by atoms with Crippen LogP contribution < -0.4 is 15.8 Å². The first kappa shape index (κ1) is 18.7. The lowest BCUT2D eigenvalue weighted by Crippen LogP contribution is -2.53. The third kappa shape index (κ3) is 4.01. The van der Waals surface area contributed by atoms with Crippen molar-refractivity contribution in [3.05, 3.63) is 28.8 Å². The highest BCUT2D eigenvalue weighted by Crippen LogP contribution is 2.33. The van der Waals surface area contributed by atoms with E-state index in [9.17, 15) is 9.59 Å². The van der Waals surface area contributed by atoms with Gasteiger partial charge in [-0.15, -0.1) is 0 Å². The summed E-state index contributed by atoms with van der Waals surface area (Å²) in [5, 5.41) is 2.91. The Morgan fingerprint density at radius 3 is 2.81 bits per heavy atom. The standard InChI is InChI=1S/C20H29N3O3/c1-13-9-15-11-18(26-17(15)10-14(13)2)20(25)23-8-4-3-5-16(23)12-22-19(24)6-7-21/h9-10,16,18H,3-8,11-12,21H2,1-2H3,(H,22,24). The quantitative estimate of drug-likeness (QED) is 0.833. The molecule has 1 aromatic rings. The van der Waals surface area contributed by atoms with E-state index in [1.54, 1.807) is 0 Å². The fourth-order valence-corrected chi connectivity index (χ4v) is 3.79. The summed E-state index contributed by atoms with van der Waals surface area (Å²) in [4.78, 5) is 26.7. The molecule has 0 bridgehead atoms. The number of benzene rings is 1. The molecule has 2 aliphatic rings. The van der Waals surface area contributed by atoms with Crippen LogP contribution in [0.5, 0.6) is 5.75 Å². The van der Waals surface area contributed by atoms with Crippen LogP contribution in [0.1, 0.15) is 42.4 Å². The van der Waals surface area contributed by atoms with Gasteiger partial charge in [0, 0.05) is 38.5 Å². The average molecular weight is 359 g/mol. The molecule has 26 heavy (non-hydrogen) atoms. The van der Waals surface area contributed by atoms with Crippen LogP contribution in [0.15, 0.2) is 12.1 Å². The lowest BCUT2D eigenvalue weighted by atomic mass is 9.99. The first-order chi connectivity index (χ1) is 12.5. The van der Waals surface area contributed by atoms with E-state index in [0.717, 1.165) is 37.1 Å². The van der Waals surface area contributed by atoms with E-state index in [1.165, 1.54) is 11.1 Å². The van der Waals surface area contributed by atoms with E-state index in [4.69, 9.17) is 10.5 Å². The number of likely N-dealkylation sites (tertiary alicyclic amines) is 1. The van der Waals surface area contributed by atoms with Crippen LogP contribution in [-0.4, -0.2) is 48.5 Å². The number of nitrogens with two attached hydrogens (primary N) is 1. The Balaban J connectivity index is 1.65. The molecule has 142 valence electrons. The van der Waals surface area contributed by atoms with Crippen LogP contribution in [0, 0.1) is 13.8 Å². The summed E-state index contributed by atoms with van der Waals surface area (Å²) in [5.74, 6) is 0.812. The Kier molecular flexibility index (Phi) is 5.81. The van der Waals surface area contributed by atoms with Gasteiger partial charge in [0.1, 0.15) is 5.75 Å². The molecule has 0 saturated carbocycles. The highest BCUT2D eigenvalue weighted by Gasteiger charge is 2.36. The molecule has 6 heteroatoms. The molecule has 2 unspecified atom stereocenters. The Morgan fingerprint density at radius 2 is 2.04 bits per heavy atom. The number of carbonyl (C=O) groups is 2. The molecule has 1 saturated heterocycles. The van der Waals surface area contributed by atoms with Gasteiger partial charge in [-0.1, -0.05) is 6.07 Å². The van der Waals surface area contributed by atoms with Gasteiger partial charge < -0.3 is 20.7 Å². The van der Waals surface area contributed by atoms with E-state index in [2.05, 4.69) is 25.2 Å². The summed E-state index contributed by atoms with van der Waals surface area (Å²) in [6.07, 6.45) is 3.47. The number of aryl methyl sites for hydroxylation is 2. The van der Waals surface area contributed by atoms with Crippen molar-refractivity contribution in [2.24, 2.45) is 5.73 Å². The smallest absolute Gasteiger partial charge is 0.264 e. The van der Waals surface area contributed by atoms with Crippen LogP contribution in [0.4, 0.5) is 0 Å². The Labute approximate surface area is 155 Å². The molecular weight excluding hydrogens is 330 g/mol. The lowest BCUT2D eigenvalue weighted by Gasteiger charge is -2.37. The van der Waals surface area contributed by atoms with Crippen molar-refractivity contribution >= 4 is 11.8 Å². The molecular formula is C20H29N3O3. The van der Waals surface area contributed by atoms with Crippen molar-refractivity contribution in [1.29, 1.82) is 0 Å². The maximum atomic E-state index is 13.1. The van der Waals surface area contributed by atoms with Gasteiger partial charge in [-0.05, 0) is 55.9 Å². The van der Waals surface area contributed by atoms with Crippen molar-refractivity contribution in [3.63, 3.8) is 0 Å². The van der Waals surface area contributed by atoms with Crippen molar-refractivity contribution in [2.75, 3.05) is 19.6 Å². The zero-order chi connectivity index (χ0) is 18.7. The summed E-state index contributed by atoms with van der Waals surface area (Å²) in [5.41, 5.74) is 8.92. The minimum atomic E-state index is -0.452. The number of rotatable bonds is 5. The Hall–Kier alpha value is -2.08. The van der Waals surface area contributed by atoms with Gasteiger partial charge in [0.2, 0.25) is 5.91 Å². The summed E-state index contributed by atoms with van der Waals surface area (Å²) >= 11 is 0. The molecule has 6 nitrogen and oxygen atoms in total. The molecule has 3 N–H and O–H groups in total. The highest BCUT2D eigenvalue weighted by atomic mass is 16.5. The number of fused-ring (bicyclic) bond motifs is 1. The van der Waals surface area contributed by atoms with Crippen molar-refractivity contribution in [1.82, 2.24) is 10.2 Å². The van der Waals surface area contributed by atoms with Crippen molar-refractivity contribution in [3.8, 4) is 5.75 Å². The second-order valence-electron chi connectivity index (χ2n) is 7.38. The number of ether oxygens (including phenoxy) is 1. The average Bonchev–Trinajstić information content (AvgIpc) is 3.03. The van der Waals surface area contributed by atoms with E-state index >= 15 is 0 Å². The largest absolute Gasteiger partial charge is 0.480 e. The molecule has 3 rings (SSSR count). The van der Waals surface area contributed by atoms with Crippen LogP contribution in [0.25, 0.3) is 0 Å². The molecule has 0 spiro atoms. The molecule has 0 aromatic heterocycles. The van der Waals surface area contributed by atoms with Crippen LogP contribution in [0.2, 0.25) is 0 Å². The van der Waals surface area contributed by atoms with E-state index in [-0.39, 0.29) is 17.9 Å². The monoisotopic (exact) mass is 359 g/mol. The second-order valence-corrected chi connectivity index (χ2v) is 7.38. The third-order valence-electron chi connectivity index (χ3n) is 5.44. The molecule has 2 heterocycles. The summed E-state index contributed by atoms with van der Waals surface area (Å²) in [6, 6.07) is 4.19. The number of piperidine rings is 1. The maximum Gasteiger partial charge on any atom is 0.264 e. The van der Waals surface area contributed by atoms with Gasteiger partial charge in [0.05, 0.1) is 0 Å².